The van der Waals surface area contributed by atoms with Gasteiger partial charge in [0, 0.05) is 11.6 Å². The van der Waals surface area contributed by atoms with Crippen molar-refractivity contribution in [1.82, 2.24) is 0 Å². The topological polar surface area (TPSA) is 88.1 Å². The Morgan fingerprint density at radius 1 is 0.871 bits per heavy atom. The number of methoxy groups -OCH3 is 2. The Labute approximate surface area is 179 Å². The first-order chi connectivity index (χ1) is 14.9. The molecule has 0 unspecified atom stereocenters. The molecule has 0 atom stereocenters. The molecule has 0 saturated carbocycles. The lowest BCUT2D eigenvalue weighted by molar-refractivity contribution is 0.101. The third-order valence-corrected chi connectivity index (χ3v) is 5.88. The number of rotatable bonds is 6. The minimum absolute atomic E-state index is 0.0254. The Morgan fingerprint density at radius 3 is 2.29 bits per heavy atom. The average Bonchev–Trinajstić information content (AvgIpc) is 3.08. The van der Waals surface area contributed by atoms with Gasteiger partial charge in [0.05, 0.1) is 19.8 Å². The first kappa shape index (κ1) is 20.5. The van der Waals surface area contributed by atoms with Crippen LogP contribution in [0.4, 0.5) is 0 Å². The molecule has 0 amide bonds. The molecule has 1 heterocycles. The number of hydrogen-bond acceptors (Lipinski definition) is 7. The number of para-hydroxylation sites is 1. The van der Waals surface area contributed by atoms with Gasteiger partial charge in [-0.3, -0.25) is 4.79 Å². The highest BCUT2D eigenvalue weighted by Crippen LogP contribution is 2.36. The first-order valence-corrected chi connectivity index (χ1v) is 10.6. The van der Waals surface area contributed by atoms with Crippen LogP contribution in [0.5, 0.6) is 23.0 Å². The van der Waals surface area contributed by atoms with E-state index in [4.69, 9.17) is 18.4 Å². The summed E-state index contributed by atoms with van der Waals surface area (Å²) < 4.78 is 46.3. The Hall–Kier alpha value is -3.78. The second-order valence-corrected chi connectivity index (χ2v) is 8.10. The van der Waals surface area contributed by atoms with Crippen molar-refractivity contribution < 1.29 is 31.6 Å². The van der Waals surface area contributed by atoms with Crippen LogP contribution in [0.15, 0.2) is 77.4 Å². The van der Waals surface area contributed by atoms with Crippen molar-refractivity contribution in [2.75, 3.05) is 14.2 Å². The molecule has 0 fully saturated rings. The molecule has 0 radical (unpaired) electrons. The summed E-state index contributed by atoms with van der Waals surface area (Å²) in [6.45, 7) is 0. The van der Waals surface area contributed by atoms with Gasteiger partial charge in [0.2, 0.25) is 5.78 Å². The third kappa shape index (κ3) is 4.10. The van der Waals surface area contributed by atoms with Gasteiger partial charge in [0.1, 0.15) is 27.9 Å². The molecule has 8 heteroatoms. The van der Waals surface area contributed by atoms with Crippen molar-refractivity contribution in [1.29, 1.82) is 0 Å². The fraction of sp³-hybridized carbons (Fsp3) is 0.0870. The molecule has 0 spiro atoms. The van der Waals surface area contributed by atoms with Crippen LogP contribution in [-0.4, -0.2) is 28.4 Å². The van der Waals surface area contributed by atoms with Crippen molar-refractivity contribution in [3.05, 3.63) is 83.6 Å². The van der Waals surface area contributed by atoms with Gasteiger partial charge in [-0.05, 0) is 48.5 Å². The quantitative estimate of drug-likeness (QED) is 0.423. The van der Waals surface area contributed by atoms with Crippen LogP contribution in [0.2, 0.25) is 0 Å². The Kier molecular flexibility index (Phi) is 5.39. The van der Waals surface area contributed by atoms with E-state index in [1.54, 1.807) is 18.2 Å². The van der Waals surface area contributed by atoms with E-state index in [1.807, 2.05) is 12.1 Å². The summed E-state index contributed by atoms with van der Waals surface area (Å²) >= 11 is 0. The van der Waals surface area contributed by atoms with Crippen molar-refractivity contribution >= 4 is 22.0 Å². The maximum atomic E-state index is 12.7. The molecule has 1 aliphatic heterocycles. The molecular formula is C23H18O7S. The van der Waals surface area contributed by atoms with E-state index in [2.05, 4.69) is 0 Å². The number of allylic oxidation sites excluding steroid dienone is 1. The number of hydrogen-bond donors (Lipinski definition) is 0. The zero-order valence-electron chi connectivity index (χ0n) is 16.7. The SMILES string of the molecule is COc1ccc(S(=O)(=O)Oc2ccc3c(c2)O/C(=C\c2ccccc2OC)C3=O)cc1. The van der Waals surface area contributed by atoms with Crippen LogP contribution in [0.3, 0.4) is 0 Å². The lowest BCUT2D eigenvalue weighted by Crippen LogP contribution is -2.09. The molecule has 1 aliphatic rings. The fourth-order valence-corrected chi connectivity index (χ4v) is 3.99. The Balaban J connectivity index is 1.59. The molecular weight excluding hydrogens is 420 g/mol. The van der Waals surface area contributed by atoms with Gasteiger partial charge in [-0.15, -0.1) is 0 Å². The molecule has 31 heavy (non-hydrogen) atoms. The Morgan fingerprint density at radius 2 is 1.58 bits per heavy atom. The lowest BCUT2D eigenvalue weighted by Gasteiger charge is -2.08. The minimum Gasteiger partial charge on any atom is -0.497 e. The summed E-state index contributed by atoms with van der Waals surface area (Å²) in [7, 11) is -1.04. The zero-order chi connectivity index (χ0) is 22.0. The first-order valence-electron chi connectivity index (χ1n) is 9.21. The highest BCUT2D eigenvalue weighted by atomic mass is 32.2. The van der Waals surface area contributed by atoms with Gasteiger partial charge < -0.3 is 18.4 Å². The number of benzene rings is 3. The van der Waals surface area contributed by atoms with Crippen molar-refractivity contribution in [3.63, 3.8) is 0 Å². The molecule has 0 bridgehead atoms. The lowest BCUT2D eigenvalue weighted by atomic mass is 10.1. The summed E-state index contributed by atoms with van der Waals surface area (Å²) in [5.41, 5.74) is 0.995. The van der Waals surface area contributed by atoms with Crippen LogP contribution in [0.25, 0.3) is 6.08 Å². The molecule has 0 N–H and O–H groups in total. The second kappa shape index (κ2) is 8.16. The smallest absolute Gasteiger partial charge is 0.339 e. The number of fused-ring (bicyclic) bond motifs is 1. The molecule has 0 aromatic heterocycles. The highest BCUT2D eigenvalue weighted by Gasteiger charge is 2.29. The van der Waals surface area contributed by atoms with Crippen LogP contribution in [-0.2, 0) is 10.1 Å². The molecule has 158 valence electrons. The number of carbonyl (C=O) groups excluding carboxylic acids is 1. The normalized spacial score (nSPS) is 14.1. The van der Waals surface area contributed by atoms with E-state index in [9.17, 15) is 13.2 Å². The maximum absolute atomic E-state index is 12.7. The molecule has 3 aromatic rings. The van der Waals surface area contributed by atoms with Crippen LogP contribution >= 0.6 is 0 Å². The fourth-order valence-electron chi connectivity index (χ4n) is 3.06. The number of ketones is 1. The standard InChI is InChI=1S/C23H18O7S/c1-27-16-7-10-18(11-8-16)31(25,26)30-17-9-12-19-21(14-17)29-22(23(19)24)13-15-5-3-4-6-20(15)28-2/h3-14H,1-2H3/b22-13-. The number of carbonyl (C=O) groups is 1. The number of Topliss-reactive ketones (excluding diaryl/α,β-unsaturated/α-hetero) is 1. The largest absolute Gasteiger partial charge is 0.497 e. The average molecular weight is 438 g/mol. The van der Waals surface area contributed by atoms with Crippen LogP contribution < -0.4 is 18.4 Å². The molecule has 4 rings (SSSR count). The third-order valence-electron chi connectivity index (χ3n) is 4.62. The molecule has 3 aromatic carbocycles. The van der Waals surface area contributed by atoms with E-state index in [-0.39, 0.29) is 27.9 Å². The highest BCUT2D eigenvalue weighted by molar-refractivity contribution is 7.87. The zero-order valence-corrected chi connectivity index (χ0v) is 17.5. The van der Waals surface area contributed by atoms with E-state index < -0.39 is 10.1 Å². The van der Waals surface area contributed by atoms with E-state index in [0.717, 1.165) is 0 Å². The Bertz CT molecular complexity index is 1280. The molecule has 7 nitrogen and oxygen atoms in total. The summed E-state index contributed by atoms with van der Waals surface area (Å²) in [5.74, 6) is 1.16. The summed E-state index contributed by atoms with van der Waals surface area (Å²) in [5, 5.41) is 0. The summed E-state index contributed by atoms with van der Waals surface area (Å²) in [6, 6.07) is 17.3. The molecule has 0 saturated heterocycles. The van der Waals surface area contributed by atoms with Gasteiger partial charge in [-0.1, -0.05) is 18.2 Å². The van der Waals surface area contributed by atoms with Crippen LogP contribution in [0, 0.1) is 0 Å². The van der Waals surface area contributed by atoms with Gasteiger partial charge >= 0.3 is 10.1 Å². The number of ether oxygens (including phenoxy) is 3. The van der Waals surface area contributed by atoms with E-state index >= 15 is 0 Å². The van der Waals surface area contributed by atoms with Gasteiger partial charge in [-0.2, -0.15) is 8.42 Å². The van der Waals surface area contributed by atoms with E-state index in [1.165, 1.54) is 56.7 Å². The second-order valence-electron chi connectivity index (χ2n) is 6.55. The predicted octanol–water partition coefficient (Wildman–Crippen LogP) is 4.09. The van der Waals surface area contributed by atoms with Gasteiger partial charge in [0.25, 0.3) is 0 Å². The van der Waals surface area contributed by atoms with Crippen molar-refractivity contribution in [3.8, 4) is 23.0 Å². The maximum Gasteiger partial charge on any atom is 0.339 e. The summed E-state index contributed by atoms with van der Waals surface area (Å²) in [6.07, 6.45) is 1.58. The van der Waals surface area contributed by atoms with Gasteiger partial charge in [-0.25, -0.2) is 0 Å². The summed E-state index contributed by atoms with van der Waals surface area (Å²) in [4.78, 5) is 12.6. The monoisotopic (exact) mass is 438 g/mol. The minimum atomic E-state index is -4.07. The van der Waals surface area contributed by atoms with Gasteiger partial charge in [0.15, 0.2) is 5.76 Å². The van der Waals surface area contributed by atoms with Crippen molar-refractivity contribution in [2.24, 2.45) is 0 Å². The molecule has 0 aliphatic carbocycles. The van der Waals surface area contributed by atoms with Crippen molar-refractivity contribution in [2.45, 2.75) is 4.90 Å². The van der Waals surface area contributed by atoms with Crippen LogP contribution in [0.1, 0.15) is 15.9 Å². The van der Waals surface area contributed by atoms with E-state index in [0.29, 0.717) is 22.6 Å². The predicted molar refractivity (Wildman–Crippen MR) is 113 cm³/mol.